The molecule has 0 fully saturated rings. The topological polar surface area (TPSA) is 77.8 Å². The number of carbonyl (C=O) groups excluding carboxylic acids is 1. The summed E-state index contributed by atoms with van der Waals surface area (Å²) in [5.41, 5.74) is 4.57. The van der Waals surface area contributed by atoms with Gasteiger partial charge in [-0.3, -0.25) is 9.20 Å². The van der Waals surface area contributed by atoms with E-state index in [1.54, 1.807) is 32.4 Å². The Kier molecular flexibility index (Phi) is 5.50. The summed E-state index contributed by atoms with van der Waals surface area (Å²) in [6.07, 6.45) is 0. The van der Waals surface area contributed by atoms with Crippen LogP contribution >= 0.6 is 11.8 Å². The van der Waals surface area contributed by atoms with Gasteiger partial charge in [0.15, 0.2) is 10.8 Å². The van der Waals surface area contributed by atoms with Crippen LogP contribution in [0.3, 0.4) is 0 Å². The summed E-state index contributed by atoms with van der Waals surface area (Å²) < 4.78 is 12.6. The third kappa shape index (κ3) is 3.78. The van der Waals surface area contributed by atoms with Crippen molar-refractivity contribution in [1.29, 1.82) is 0 Å². The molecule has 1 N–H and O–H groups in total. The zero-order valence-electron chi connectivity index (χ0n) is 17.2. The molecule has 1 amide bonds. The van der Waals surface area contributed by atoms with Crippen molar-refractivity contribution in [1.82, 2.24) is 14.6 Å². The van der Waals surface area contributed by atoms with E-state index in [1.165, 1.54) is 11.8 Å². The number of thioether (sulfide) groups is 1. The molecule has 0 unspecified atom stereocenters. The second-order valence-electron chi connectivity index (χ2n) is 6.93. The minimum absolute atomic E-state index is 0.170. The molecule has 4 rings (SSSR count). The molecule has 4 aromatic rings. The summed E-state index contributed by atoms with van der Waals surface area (Å²) in [5, 5.41) is 13.3. The lowest BCUT2D eigenvalue weighted by molar-refractivity contribution is -0.113. The molecule has 0 atom stereocenters. The van der Waals surface area contributed by atoms with Gasteiger partial charge in [0.05, 0.1) is 31.2 Å². The molecule has 8 heteroatoms. The predicted molar refractivity (Wildman–Crippen MR) is 119 cm³/mol. The number of aryl methyl sites for hydroxylation is 2. The fraction of sp³-hybridized carbons (Fsp3) is 0.227. The van der Waals surface area contributed by atoms with E-state index >= 15 is 0 Å². The minimum Gasteiger partial charge on any atom is -0.497 e. The van der Waals surface area contributed by atoms with E-state index in [1.807, 2.05) is 11.3 Å². The highest BCUT2D eigenvalue weighted by Gasteiger charge is 2.15. The first kappa shape index (κ1) is 20.0. The van der Waals surface area contributed by atoms with Gasteiger partial charge in [-0.1, -0.05) is 23.9 Å². The number of rotatable bonds is 6. The Morgan fingerprint density at radius 3 is 2.67 bits per heavy atom. The average molecular weight is 423 g/mol. The molecule has 7 nitrogen and oxygen atoms in total. The van der Waals surface area contributed by atoms with Gasteiger partial charge in [-0.05, 0) is 54.6 Å². The molecule has 0 radical (unpaired) electrons. The molecule has 0 saturated carbocycles. The van der Waals surface area contributed by atoms with Gasteiger partial charge < -0.3 is 14.8 Å². The van der Waals surface area contributed by atoms with Crippen LogP contribution in [0.1, 0.15) is 11.1 Å². The van der Waals surface area contributed by atoms with Gasteiger partial charge in [-0.25, -0.2) is 0 Å². The number of pyridine rings is 1. The SMILES string of the molecule is COc1ccc(OC)c(NC(=O)CSc2nnc3c(C)cc4ccc(C)cc4n23)c1. The number of benzene rings is 2. The Bertz CT molecular complexity index is 1250. The van der Waals surface area contributed by atoms with E-state index in [4.69, 9.17) is 9.47 Å². The van der Waals surface area contributed by atoms with E-state index in [0.717, 1.165) is 27.7 Å². The number of aromatic nitrogens is 3. The maximum atomic E-state index is 12.6. The Morgan fingerprint density at radius 2 is 1.90 bits per heavy atom. The molecule has 154 valence electrons. The summed E-state index contributed by atoms with van der Waals surface area (Å²) in [6.45, 7) is 4.07. The van der Waals surface area contributed by atoms with Gasteiger partial charge in [-0.15, -0.1) is 10.2 Å². The molecule has 2 aromatic heterocycles. The quantitative estimate of drug-likeness (QED) is 0.468. The van der Waals surface area contributed by atoms with E-state index in [0.29, 0.717) is 22.3 Å². The summed E-state index contributed by atoms with van der Waals surface area (Å²) in [5.74, 6) is 1.22. The molecular weight excluding hydrogens is 400 g/mol. The van der Waals surface area contributed by atoms with E-state index < -0.39 is 0 Å². The Balaban J connectivity index is 1.59. The number of hydrogen-bond donors (Lipinski definition) is 1. The Labute approximate surface area is 178 Å². The average Bonchev–Trinajstić information content (AvgIpc) is 3.18. The van der Waals surface area contributed by atoms with Crippen molar-refractivity contribution < 1.29 is 14.3 Å². The van der Waals surface area contributed by atoms with Crippen molar-refractivity contribution in [2.24, 2.45) is 0 Å². The maximum absolute atomic E-state index is 12.6. The van der Waals surface area contributed by atoms with Crippen molar-refractivity contribution in [2.75, 3.05) is 25.3 Å². The van der Waals surface area contributed by atoms with Crippen LogP contribution in [0, 0.1) is 13.8 Å². The Hall–Kier alpha value is -3.26. The molecule has 2 aromatic carbocycles. The summed E-state index contributed by atoms with van der Waals surface area (Å²) >= 11 is 1.34. The predicted octanol–water partition coefficient (Wildman–Crippen LogP) is 4.25. The third-order valence-electron chi connectivity index (χ3n) is 4.80. The highest BCUT2D eigenvalue weighted by molar-refractivity contribution is 7.99. The first-order valence-electron chi connectivity index (χ1n) is 9.40. The van der Waals surface area contributed by atoms with Crippen LogP contribution in [0.25, 0.3) is 16.6 Å². The number of nitrogens with one attached hydrogen (secondary N) is 1. The number of carbonyl (C=O) groups is 1. The highest BCUT2D eigenvalue weighted by atomic mass is 32.2. The lowest BCUT2D eigenvalue weighted by Crippen LogP contribution is -2.15. The van der Waals surface area contributed by atoms with Crippen LogP contribution in [0.4, 0.5) is 5.69 Å². The lowest BCUT2D eigenvalue weighted by Gasteiger charge is -2.11. The first-order valence-corrected chi connectivity index (χ1v) is 10.4. The fourth-order valence-electron chi connectivity index (χ4n) is 3.33. The van der Waals surface area contributed by atoms with Gasteiger partial charge >= 0.3 is 0 Å². The van der Waals surface area contributed by atoms with E-state index in [-0.39, 0.29) is 11.7 Å². The number of ether oxygens (including phenoxy) is 2. The monoisotopic (exact) mass is 422 g/mol. The highest BCUT2D eigenvalue weighted by Crippen LogP contribution is 2.30. The number of anilines is 1. The van der Waals surface area contributed by atoms with E-state index in [2.05, 4.69) is 46.7 Å². The van der Waals surface area contributed by atoms with Crippen molar-refractivity contribution in [3.8, 4) is 11.5 Å². The molecule has 0 aliphatic carbocycles. The number of methoxy groups -OCH3 is 2. The number of amides is 1. The second kappa shape index (κ2) is 8.23. The standard InChI is InChI=1S/C22H22N4O3S/c1-13-5-6-15-10-14(2)21-24-25-22(26(21)18(15)9-13)30-12-20(27)23-17-11-16(28-3)7-8-19(17)29-4/h5-11H,12H2,1-4H3,(H,23,27). The summed E-state index contributed by atoms with van der Waals surface area (Å²) in [6, 6.07) is 13.7. The third-order valence-corrected chi connectivity index (χ3v) is 5.73. The molecule has 0 aliphatic rings. The zero-order chi connectivity index (χ0) is 21.3. The van der Waals surface area contributed by atoms with Crippen molar-refractivity contribution >= 4 is 39.9 Å². The minimum atomic E-state index is -0.170. The fourth-order valence-corrected chi connectivity index (χ4v) is 4.08. The number of hydrogen-bond acceptors (Lipinski definition) is 6. The molecule has 0 saturated heterocycles. The number of nitrogens with zero attached hydrogens (tertiary/aromatic N) is 3. The molecule has 0 spiro atoms. The molecule has 0 aliphatic heterocycles. The molecule has 2 heterocycles. The van der Waals surface area contributed by atoms with Crippen LogP contribution in [-0.4, -0.2) is 40.5 Å². The van der Waals surface area contributed by atoms with Crippen LogP contribution < -0.4 is 14.8 Å². The number of fused-ring (bicyclic) bond motifs is 3. The smallest absolute Gasteiger partial charge is 0.234 e. The zero-order valence-corrected chi connectivity index (χ0v) is 18.0. The van der Waals surface area contributed by atoms with Crippen LogP contribution in [0.5, 0.6) is 11.5 Å². The van der Waals surface area contributed by atoms with Gasteiger partial charge in [0.2, 0.25) is 5.91 Å². The van der Waals surface area contributed by atoms with Crippen molar-refractivity contribution in [3.63, 3.8) is 0 Å². The molecule has 0 bridgehead atoms. The van der Waals surface area contributed by atoms with Gasteiger partial charge in [0, 0.05) is 6.07 Å². The molecular formula is C22H22N4O3S. The van der Waals surface area contributed by atoms with Crippen LogP contribution in [0.2, 0.25) is 0 Å². The first-order chi connectivity index (χ1) is 14.5. The second-order valence-corrected chi connectivity index (χ2v) is 7.88. The van der Waals surface area contributed by atoms with Crippen LogP contribution in [-0.2, 0) is 4.79 Å². The Morgan fingerprint density at radius 1 is 1.07 bits per heavy atom. The van der Waals surface area contributed by atoms with Gasteiger partial charge in [-0.2, -0.15) is 0 Å². The normalized spacial score (nSPS) is 11.1. The molecule has 30 heavy (non-hydrogen) atoms. The van der Waals surface area contributed by atoms with Gasteiger partial charge in [0.25, 0.3) is 0 Å². The van der Waals surface area contributed by atoms with Gasteiger partial charge in [0.1, 0.15) is 11.5 Å². The van der Waals surface area contributed by atoms with Crippen LogP contribution in [0.15, 0.2) is 47.6 Å². The maximum Gasteiger partial charge on any atom is 0.234 e. The van der Waals surface area contributed by atoms with Crippen molar-refractivity contribution in [3.05, 3.63) is 53.6 Å². The lowest BCUT2D eigenvalue weighted by atomic mass is 10.1. The van der Waals surface area contributed by atoms with E-state index in [9.17, 15) is 4.79 Å². The van der Waals surface area contributed by atoms with Crippen molar-refractivity contribution in [2.45, 2.75) is 19.0 Å². The largest absolute Gasteiger partial charge is 0.497 e. The summed E-state index contributed by atoms with van der Waals surface area (Å²) in [7, 11) is 3.14. The summed E-state index contributed by atoms with van der Waals surface area (Å²) in [4.78, 5) is 12.6.